The minimum absolute atomic E-state index is 0.0752. The molecule has 0 bridgehead atoms. The number of hydrogen-bond acceptors (Lipinski definition) is 4. The van der Waals surface area contributed by atoms with Crippen LogP contribution in [0.2, 0.25) is 0 Å². The lowest BCUT2D eigenvalue weighted by Crippen LogP contribution is -2.37. The summed E-state index contributed by atoms with van der Waals surface area (Å²) < 4.78 is 26.8. The van der Waals surface area contributed by atoms with E-state index in [0.717, 1.165) is 11.0 Å². The van der Waals surface area contributed by atoms with E-state index in [9.17, 15) is 24.0 Å². The number of aliphatic hydroxyl groups is 1. The summed E-state index contributed by atoms with van der Waals surface area (Å²) >= 11 is 0. The quantitative estimate of drug-likeness (QED) is 0.665. The Morgan fingerprint density at radius 2 is 2.00 bits per heavy atom. The summed E-state index contributed by atoms with van der Waals surface area (Å²) in [5.41, 5.74) is -2.20. The maximum atomic E-state index is 13.6. The van der Waals surface area contributed by atoms with Crippen molar-refractivity contribution in [3.05, 3.63) is 33.9 Å². The van der Waals surface area contributed by atoms with E-state index in [1.807, 2.05) is 0 Å². The van der Waals surface area contributed by atoms with E-state index < -0.39 is 33.5 Å². The number of hydrogen-bond donors (Lipinski definition) is 1. The highest BCUT2D eigenvalue weighted by molar-refractivity contribution is 5.64. The first-order chi connectivity index (χ1) is 8.13. The number of nitro groups is 1. The molecule has 0 aliphatic heterocycles. The molecular formula is C11H14F2N2O3. The largest absolute Gasteiger partial charge is 0.389 e. The standard InChI is InChI=1S/C11H14F2N2O3/c1-11(2,16)6-14(3)10-8(15(17)18)5-4-7(12)9(10)13/h4-5,16H,6H2,1-3H3. The molecule has 5 nitrogen and oxygen atoms in total. The van der Waals surface area contributed by atoms with E-state index in [-0.39, 0.29) is 6.54 Å². The summed E-state index contributed by atoms with van der Waals surface area (Å²) in [6.07, 6.45) is 0. The van der Waals surface area contributed by atoms with Crippen LogP contribution in [0.4, 0.5) is 20.2 Å². The van der Waals surface area contributed by atoms with E-state index in [1.165, 1.54) is 20.9 Å². The van der Waals surface area contributed by atoms with Crippen LogP contribution in [0.25, 0.3) is 0 Å². The molecule has 0 fully saturated rings. The lowest BCUT2D eigenvalue weighted by Gasteiger charge is -2.27. The Morgan fingerprint density at radius 3 is 2.44 bits per heavy atom. The summed E-state index contributed by atoms with van der Waals surface area (Å²) in [6, 6.07) is 1.60. The van der Waals surface area contributed by atoms with Crippen LogP contribution in [0, 0.1) is 21.7 Å². The number of halogens is 2. The molecule has 18 heavy (non-hydrogen) atoms. The van der Waals surface area contributed by atoms with E-state index in [4.69, 9.17) is 0 Å². The average molecular weight is 260 g/mol. The smallest absolute Gasteiger partial charge is 0.295 e. The van der Waals surface area contributed by atoms with Gasteiger partial charge in [0, 0.05) is 19.7 Å². The third-order valence-corrected chi connectivity index (χ3v) is 2.25. The minimum Gasteiger partial charge on any atom is -0.389 e. The number of benzene rings is 1. The second kappa shape index (κ2) is 4.85. The van der Waals surface area contributed by atoms with Crippen LogP contribution in [-0.2, 0) is 0 Å². The molecule has 1 aromatic rings. The molecule has 0 amide bonds. The Kier molecular flexibility index (Phi) is 3.85. The summed E-state index contributed by atoms with van der Waals surface area (Å²) in [5, 5.41) is 20.4. The zero-order valence-corrected chi connectivity index (χ0v) is 10.3. The van der Waals surface area contributed by atoms with Crippen molar-refractivity contribution in [1.82, 2.24) is 0 Å². The molecule has 0 aliphatic carbocycles. The monoisotopic (exact) mass is 260 g/mol. The van der Waals surface area contributed by atoms with Gasteiger partial charge < -0.3 is 10.0 Å². The van der Waals surface area contributed by atoms with Gasteiger partial charge in [0.05, 0.1) is 10.5 Å². The highest BCUT2D eigenvalue weighted by Crippen LogP contribution is 2.32. The second-order valence-electron chi connectivity index (χ2n) is 4.65. The number of likely N-dealkylation sites (N-methyl/N-ethyl adjacent to an activating group) is 1. The Bertz CT molecular complexity index is 472. The lowest BCUT2D eigenvalue weighted by atomic mass is 10.1. The Hall–Kier alpha value is -1.76. The van der Waals surface area contributed by atoms with Crippen molar-refractivity contribution in [1.29, 1.82) is 0 Å². The summed E-state index contributed by atoms with van der Waals surface area (Å²) in [6.45, 7) is 2.85. The highest BCUT2D eigenvalue weighted by Gasteiger charge is 2.27. The van der Waals surface area contributed by atoms with Gasteiger partial charge in [-0.3, -0.25) is 10.1 Å². The molecule has 1 aromatic carbocycles. The fourth-order valence-electron chi connectivity index (χ4n) is 1.70. The minimum atomic E-state index is -1.30. The van der Waals surface area contributed by atoms with Crippen molar-refractivity contribution in [2.24, 2.45) is 0 Å². The van der Waals surface area contributed by atoms with E-state index in [2.05, 4.69) is 0 Å². The number of anilines is 1. The second-order valence-corrected chi connectivity index (χ2v) is 4.65. The molecule has 1 rings (SSSR count). The zero-order valence-electron chi connectivity index (χ0n) is 10.3. The fourth-order valence-corrected chi connectivity index (χ4v) is 1.70. The molecule has 0 spiro atoms. The topological polar surface area (TPSA) is 66.6 Å². The van der Waals surface area contributed by atoms with Gasteiger partial charge in [-0.2, -0.15) is 0 Å². The molecule has 0 atom stereocenters. The van der Waals surface area contributed by atoms with Crippen molar-refractivity contribution in [2.45, 2.75) is 19.4 Å². The fraction of sp³-hybridized carbons (Fsp3) is 0.455. The van der Waals surface area contributed by atoms with Gasteiger partial charge in [0.25, 0.3) is 5.69 Å². The van der Waals surface area contributed by atoms with Crippen molar-refractivity contribution < 1.29 is 18.8 Å². The van der Waals surface area contributed by atoms with Crippen LogP contribution >= 0.6 is 0 Å². The van der Waals surface area contributed by atoms with Gasteiger partial charge in [-0.15, -0.1) is 0 Å². The third-order valence-electron chi connectivity index (χ3n) is 2.25. The summed E-state index contributed by atoms with van der Waals surface area (Å²) in [4.78, 5) is 11.1. The van der Waals surface area contributed by atoms with Crippen LogP contribution in [0.5, 0.6) is 0 Å². The molecule has 0 radical (unpaired) electrons. The van der Waals surface area contributed by atoms with Crippen molar-refractivity contribution in [2.75, 3.05) is 18.5 Å². The molecule has 0 heterocycles. The van der Waals surface area contributed by atoms with Crippen molar-refractivity contribution >= 4 is 11.4 Å². The molecule has 0 aromatic heterocycles. The molecule has 0 unspecified atom stereocenters. The zero-order chi connectivity index (χ0) is 14.1. The van der Waals surface area contributed by atoms with Crippen LogP contribution in [-0.4, -0.2) is 29.2 Å². The molecule has 0 saturated carbocycles. The first kappa shape index (κ1) is 14.3. The lowest BCUT2D eigenvalue weighted by molar-refractivity contribution is -0.384. The predicted octanol–water partition coefficient (Wildman–Crippen LogP) is 2.08. The molecule has 0 saturated heterocycles. The number of nitro benzene ring substituents is 1. The Balaban J connectivity index is 3.28. The highest BCUT2D eigenvalue weighted by atomic mass is 19.2. The van der Waals surface area contributed by atoms with Crippen LogP contribution in [0.3, 0.4) is 0 Å². The van der Waals surface area contributed by atoms with Gasteiger partial charge in [0.1, 0.15) is 0 Å². The van der Waals surface area contributed by atoms with Gasteiger partial charge in [0.2, 0.25) is 0 Å². The van der Waals surface area contributed by atoms with Crippen LogP contribution < -0.4 is 4.90 Å². The SMILES string of the molecule is CN(CC(C)(C)O)c1c([N+](=O)[O-])ccc(F)c1F. The van der Waals surface area contributed by atoms with Gasteiger partial charge in [-0.25, -0.2) is 8.78 Å². The number of nitrogens with zero attached hydrogens (tertiary/aromatic N) is 2. The van der Waals surface area contributed by atoms with Gasteiger partial charge in [-0.1, -0.05) is 0 Å². The third kappa shape index (κ3) is 3.13. The van der Waals surface area contributed by atoms with E-state index in [0.29, 0.717) is 6.07 Å². The maximum absolute atomic E-state index is 13.6. The van der Waals surface area contributed by atoms with E-state index >= 15 is 0 Å². The summed E-state index contributed by atoms with van der Waals surface area (Å²) in [5.74, 6) is -2.46. The van der Waals surface area contributed by atoms with Gasteiger partial charge in [-0.05, 0) is 19.9 Å². The summed E-state index contributed by atoms with van der Waals surface area (Å²) in [7, 11) is 1.35. The normalized spacial score (nSPS) is 11.4. The van der Waals surface area contributed by atoms with E-state index in [1.54, 1.807) is 0 Å². The molecular weight excluding hydrogens is 246 g/mol. The maximum Gasteiger partial charge on any atom is 0.295 e. The molecule has 7 heteroatoms. The van der Waals surface area contributed by atoms with Crippen molar-refractivity contribution in [3.63, 3.8) is 0 Å². The molecule has 100 valence electrons. The Morgan fingerprint density at radius 1 is 1.44 bits per heavy atom. The van der Waals surface area contributed by atoms with Crippen LogP contribution in [0.1, 0.15) is 13.8 Å². The van der Waals surface area contributed by atoms with Crippen molar-refractivity contribution in [3.8, 4) is 0 Å². The number of rotatable bonds is 4. The first-order valence-electron chi connectivity index (χ1n) is 5.19. The average Bonchev–Trinajstić information content (AvgIpc) is 2.18. The van der Waals surface area contributed by atoms with Gasteiger partial charge in [0.15, 0.2) is 17.3 Å². The Labute approximate surface area is 103 Å². The first-order valence-corrected chi connectivity index (χ1v) is 5.19. The predicted molar refractivity (Wildman–Crippen MR) is 62.6 cm³/mol. The molecule has 0 aliphatic rings. The molecule has 1 N–H and O–H groups in total. The van der Waals surface area contributed by atoms with Crippen LogP contribution in [0.15, 0.2) is 12.1 Å². The van der Waals surface area contributed by atoms with Gasteiger partial charge >= 0.3 is 0 Å².